The molecule has 3 aliphatic heterocycles. The molecule has 5 rings (SSSR count). The molecule has 10 N–H and O–H groups in total. The average molecular weight is 749 g/mol. The number of nitrogens with two attached hydrogens (primary N) is 1. The van der Waals surface area contributed by atoms with Crippen molar-refractivity contribution in [1.29, 1.82) is 0 Å². The molecule has 0 saturated carbocycles. The molecule has 4 heterocycles. The number of hydrazone groups is 1. The minimum absolute atomic E-state index is 0.000991. The number of nitrogens with zero attached hydrogens (tertiary/aromatic N) is 3. The Morgan fingerprint density at radius 2 is 1.82 bits per heavy atom. The summed E-state index contributed by atoms with van der Waals surface area (Å²) in [5.41, 5.74) is 9.59. The highest BCUT2D eigenvalue weighted by molar-refractivity contribution is 8.76. The van der Waals surface area contributed by atoms with Gasteiger partial charge in [-0.3, -0.25) is 14.2 Å². The van der Waals surface area contributed by atoms with E-state index in [1.165, 1.54) is 24.0 Å². The molecule has 0 spiro atoms. The summed E-state index contributed by atoms with van der Waals surface area (Å²) in [5.74, 6) is 0.452. The van der Waals surface area contributed by atoms with E-state index in [0.717, 1.165) is 0 Å². The van der Waals surface area contributed by atoms with E-state index in [4.69, 9.17) is 15.2 Å². The van der Waals surface area contributed by atoms with E-state index in [1.54, 1.807) is 42.4 Å². The molecule has 51 heavy (non-hydrogen) atoms. The third-order valence-corrected chi connectivity index (χ3v) is 11.4. The largest absolute Gasteiger partial charge is 0.505 e. The molecule has 2 saturated heterocycles. The standard InChI is InChI=1S/C32H44N8O9S2/c1-16-13-23(43)39(30(16)46)10-7-22(42)38-37-17(2)5-6-21(41)34-8-11-50-51-12-9-35-25-18(3)27(44)26-24(28(25)45)19(15-49-31(33)47)32(48-4)29-20(36-29)14-40(26)32/h13,15,20,29,35-36,43-46H,5-12,14H2,1-4H3,(H2,33,47)(H,34,41)(H,38,42)/t20-,29-,32+/m0/s1. The van der Waals surface area contributed by atoms with E-state index in [0.29, 0.717) is 76.9 Å². The van der Waals surface area contributed by atoms with Gasteiger partial charge >= 0.3 is 6.09 Å². The molecule has 17 nitrogen and oxygen atoms in total. The van der Waals surface area contributed by atoms with Crippen molar-refractivity contribution >= 4 is 62.2 Å². The predicted octanol–water partition coefficient (Wildman–Crippen LogP) is 2.15. The Morgan fingerprint density at radius 3 is 2.49 bits per heavy atom. The minimum Gasteiger partial charge on any atom is -0.505 e. The van der Waals surface area contributed by atoms with Gasteiger partial charge in [0.15, 0.2) is 17.5 Å². The van der Waals surface area contributed by atoms with E-state index >= 15 is 0 Å². The number of hydrogen-bond donors (Lipinski definition) is 9. The number of nitrogens with one attached hydrogen (secondary N) is 4. The average Bonchev–Trinajstić information content (AvgIpc) is 3.62. The van der Waals surface area contributed by atoms with Gasteiger partial charge in [-0.2, -0.15) is 5.10 Å². The molecule has 278 valence electrons. The van der Waals surface area contributed by atoms with Crippen LogP contribution in [0.15, 0.2) is 17.4 Å². The van der Waals surface area contributed by atoms with E-state index in [-0.39, 0.29) is 60.6 Å². The number of anilines is 2. The summed E-state index contributed by atoms with van der Waals surface area (Å²) in [6.07, 6.45) is 0.739. The minimum atomic E-state index is -1.09. The zero-order chi connectivity index (χ0) is 37.0. The molecular weight excluding hydrogens is 705 g/mol. The molecular formula is C32H44N8O9S2. The molecule has 0 bridgehead atoms. The van der Waals surface area contributed by atoms with Gasteiger partial charge < -0.3 is 56.5 Å². The summed E-state index contributed by atoms with van der Waals surface area (Å²) in [7, 11) is 4.69. The van der Waals surface area contributed by atoms with Crippen molar-refractivity contribution in [2.24, 2.45) is 10.8 Å². The van der Waals surface area contributed by atoms with Crippen LogP contribution in [0.2, 0.25) is 0 Å². The number of carbonyl (C=O) groups excluding carboxylic acids is 3. The van der Waals surface area contributed by atoms with Gasteiger partial charge in [-0.1, -0.05) is 21.6 Å². The number of phenols is 2. The summed E-state index contributed by atoms with van der Waals surface area (Å²) in [6.45, 7) is 6.61. The van der Waals surface area contributed by atoms with E-state index in [1.807, 2.05) is 4.90 Å². The number of aromatic hydroxyl groups is 4. The van der Waals surface area contributed by atoms with Crippen LogP contribution in [-0.2, 0) is 25.6 Å². The first-order valence-electron chi connectivity index (χ1n) is 16.3. The van der Waals surface area contributed by atoms with Crippen molar-refractivity contribution in [2.45, 2.75) is 64.4 Å². The first kappa shape index (κ1) is 37.8. The topological polar surface area (TPSA) is 255 Å². The maximum atomic E-state index is 12.3. The van der Waals surface area contributed by atoms with Gasteiger partial charge in [0, 0.05) is 86.6 Å². The Hall–Kier alpha value is -4.46. The fourth-order valence-electron chi connectivity index (χ4n) is 6.45. The van der Waals surface area contributed by atoms with E-state index < -0.39 is 17.7 Å². The van der Waals surface area contributed by atoms with Gasteiger partial charge in [-0.05, 0) is 27.2 Å². The summed E-state index contributed by atoms with van der Waals surface area (Å²) in [4.78, 5) is 37.7. The molecule has 2 aromatic rings. The molecule has 3 atom stereocenters. The molecule has 19 heteroatoms. The molecule has 0 unspecified atom stereocenters. The lowest BCUT2D eigenvalue weighted by atomic mass is 9.94. The zero-order valence-electron chi connectivity index (χ0n) is 28.7. The Bertz CT molecular complexity index is 1750. The third kappa shape index (κ3) is 7.75. The molecule has 3 amide bonds. The molecule has 0 radical (unpaired) electrons. The van der Waals surface area contributed by atoms with Crippen LogP contribution in [0.4, 0.5) is 16.2 Å². The Labute approximate surface area is 302 Å². The van der Waals surface area contributed by atoms with Gasteiger partial charge in [0.05, 0.1) is 28.6 Å². The summed E-state index contributed by atoms with van der Waals surface area (Å²) >= 11 is 0. The van der Waals surface area contributed by atoms with Crippen LogP contribution in [0.3, 0.4) is 0 Å². The number of carbonyl (C=O) groups is 3. The quantitative estimate of drug-likeness (QED) is 0.0164. The zero-order valence-corrected chi connectivity index (χ0v) is 30.4. The molecule has 2 fully saturated rings. The van der Waals surface area contributed by atoms with Crippen molar-refractivity contribution in [1.82, 2.24) is 20.6 Å². The number of methoxy groups -OCH3 is 1. The summed E-state index contributed by atoms with van der Waals surface area (Å²) < 4.78 is 12.3. The van der Waals surface area contributed by atoms with E-state index in [2.05, 4.69) is 26.5 Å². The lowest BCUT2D eigenvalue weighted by Gasteiger charge is -2.35. The highest BCUT2D eigenvalue weighted by atomic mass is 33.1. The van der Waals surface area contributed by atoms with Crippen molar-refractivity contribution in [3.8, 4) is 23.3 Å². The van der Waals surface area contributed by atoms with Crippen LogP contribution in [0.1, 0.15) is 42.9 Å². The smallest absolute Gasteiger partial charge is 0.409 e. The SMILES string of the molecule is CO[C@@]12C(=COC(N)=O)c3c(O)c(NCCSSCCNC(=O)CCC(C)=NNC(=O)CCn4c(O)cc(C)c4O)c(C)c(O)c3N1C[C@@H]1N[C@@H]12. The van der Waals surface area contributed by atoms with Gasteiger partial charge in [0.25, 0.3) is 0 Å². The first-order chi connectivity index (χ1) is 24.3. The molecule has 0 aliphatic carbocycles. The van der Waals surface area contributed by atoms with Gasteiger partial charge in [0.1, 0.15) is 17.8 Å². The number of piperazine rings is 1. The highest BCUT2D eigenvalue weighted by Gasteiger charge is 2.69. The molecule has 1 aromatic heterocycles. The summed E-state index contributed by atoms with van der Waals surface area (Å²) in [6, 6.07) is 1.40. The van der Waals surface area contributed by atoms with Gasteiger partial charge in [-0.15, -0.1) is 0 Å². The second-order valence-electron chi connectivity index (χ2n) is 12.4. The second kappa shape index (κ2) is 15.8. The number of aryl methyl sites for hydroxylation is 1. The lowest BCUT2D eigenvalue weighted by molar-refractivity contribution is -0.121. The fourth-order valence-corrected chi connectivity index (χ4v) is 8.26. The van der Waals surface area contributed by atoms with Crippen LogP contribution in [0.5, 0.6) is 23.3 Å². The number of hydrogen-bond acceptors (Lipinski definition) is 15. The van der Waals surface area contributed by atoms with Crippen molar-refractivity contribution in [3.63, 3.8) is 0 Å². The Balaban J connectivity index is 1.01. The van der Waals surface area contributed by atoms with E-state index in [9.17, 15) is 34.8 Å². The third-order valence-electron chi connectivity index (χ3n) is 9.04. The maximum Gasteiger partial charge on any atom is 0.409 e. The van der Waals surface area contributed by atoms with Crippen LogP contribution in [-0.4, -0.2) is 105 Å². The van der Waals surface area contributed by atoms with Crippen molar-refractivity contribution in [3.05, 3.63) is 29.0 Å². The number of benzene rings is 1. The number of primary amides is 1. The Kier molecular flexibility index (Phi) is 11.7. The Morgan fingerprint density at radius 1 is 1.10 bits per heavy atom. The summed E-state index contributed by atoms with van der Waals surface area (Å²) in [5, 5.41) is 55.9. The van der Waals surface area contributed by atoms with Crippen LogP contribution in [0.25, 0.3) is 5.57 Å². The van der Waals surface area contributed by atoms with Gasteiger partial charge in [0.2, 0.25) is 11.8 Å². The molecule has 1 aromatic carbocycles. The van der Waals surface area contributed by atoms with Crippen LogP contribution >= 0.6 is 21.6 Å². The van der Waals surface area contributed by atoms with Crippen molar-refractivity contribution in [2.75, 3.05) is 48.5 Å². The van der Waals surface area contributed by atoms with Crippen LogP contribution in [0, 0.1) is 13.8 Å². The number of phenolic OH excluding ortho intramolecular Hbond substituents is 2. The monoisotopic (exact) mass is 748 g/mol. The number of ether oxygens (including phenoxy) is 2. The van der Waals surface area contributed by atoms with Crippen LogP contribution < -0.4 is 32.0 Å². The first-order valence-corrected chi connectivity index (χ1v) is 18.8. The van der Waals surface area contributed by atoms with Gasteiger partial charge in [-0.25, -0.2) is 10.2 Å². The maximum absolute atomic E-state index is 12.3. The second-order valence-corrected chi connectivity index (χ2v) is 15.1. The number of aromatic nitrogens is 1. The normalized spacial score (nSPS) is 20.9. The van der Waals surface area contributed by atoms with Crippen molar-refractivity contribution < 1.29 is 44.3 Å². The lowest BCUT2D eigenvalue weighted by Crippen LogP contribution is -2.50. The highest BCUT2D eigenvalue weighted by Crippen LogP contribution is 2.63. The number of fused-ring (bicyclic) bond motifs is 5. The number of amides is 3. The predicted molar refractivity (Wildman–Crippen MR) is 195 cm³/mol. The molecule has 3 aliphatic rings. The fraction of sp³-hybridized carbons (Fsp3) is 0.500. The number of rotatable bonds is 17.